The van der Waals surface area contributed by atoms with E-state index in [4.69, 9.17) is 0 Å². The van der Waals surface area contributed by atoms with Crippen molar-refractivity contribution in [2.45, 2.75) is 76.3 Å². The van der Waals surface area contributed by atoms with Gasteiger partial charge in [0.25, 0.3) is 0 Å². The van der Waals surface area contributed by atoms with Crippen molar-refractivity contribution < 1.29 is 26.8 Å². The maximum Gasteiger partial charge on any atom is 2.00 e. The molecule has 0 N–H and O–H groups in total. The van der Waals surface area contributed by atoms with Gasteiger partial charge >= 0.3 is 17.1 Å². The normalized spacial score (nSPS) is 21.9. The minimum Gasteiger partial charge on any atom is -0.739 e. The van der Waals surface area contributed by atoms with Crippen LogP contribution in [0.2, 0.25) is 0 Å². The third kappa shape index (κ3) is 7.47. The molecule has 0 atom stereocenters. The molecule has 0 bridgehead atoms. The van der Waals surface area contributed by atoms with Crippen LogP contribution in [0.3, 0.4) is 0 Å². The molecule has 0 aromatic rings. The van der Waals surface area contributed by atoms with E-state index < -0.39 is 0 Å². The largest absolute Gasteiger partial charge is 2.00 e. The van der Waals surface area contributed by atoms with Gasteiger partial charge in [-0.15, -0.1) is 0 Å². The van der Waals surface area contributed by atoms with E-state index in [0.29, 0.717) is 9.72 Å². The summed E-state index contributed by atoms with van der Waals surface area (Å²) in [4.78, 5) is 0.609. The third-order valence-corrected chi connectivity index (χ3v) is 3.94. The molecule has 2 aliphatic carbocycles. The second kappa shape index (κ2) is 11.6. The van der Waals surface area contributed by atoms with Gasteiger partial charge in [-0.3, -0.25) is 0 Å². The Bertz CT molecular complexity index is 297. The van der Waals surface area contributed by atoms with Crippen LogP contribution in [0.5, 0.6) is 0 Å². The average Bonchev–Trinajstić information content (AvgIpc) is 2.55. The van der Waals surface area contributed by atoms with Crippen molar-refractivity contribution in [2.75, 3.05) is 0 Å². The van der Waals surface area contributed by atoms with E-state index in [1.54, 1.807) is 0 Å². The quantitative estimate of drug-likeness (QED) is 0.327. The number of hydrogen-bond donors (Lipinski definition) is 0. The van der Waals surface area contributed by atoms with Crippen molar-refractivity contribution in [3.8, 4) is 0 Å². The first-order valence-electron chi connectivity index (χ1n) is 7.28. The number of nitrogens with zero attached hydrogens (tertiary/aromatic N) is 4. The molecular formula is C12H22CuN4O4. The Morgan fingerprint density at radius 1 is 0.619 bits per heavy atom. The molecule has 0 heterocycles. The maximum absolute atomic E-state index is 10.6. The topological polar surface area (TPSA) is 123 Å². The van der Waals surface area contributed by atoms with E-state index in [1.807, 2.05) is 0 Å². The molecule has 2 rings (SSSR count). The molecule has 9 heteroatoms. The molecule has 125 valence electrons. The zero-order valence-corrected chi connectivity index (χ0v) is 12.9. The van der Waals surface area contributed by atoms with E-state index in [-0.39, 0.29) is 29.2 Å². The smallest absolute Gasteiger partial charge is 0.739 e. The van der Waals surface area contributed by atoms with Crippen LogP contribution in [-0.4, -0.2) is 21.8 Å². The van der Waals surface area contributed by atoms with Crippen LogP contribution in [0.1, 0.15) is 64.2 Å². The van der Waals surface area contributed by atoms with Crippen molar-refractivity contribution in [2.24, 2.45) is 10.6 Å². The zero-order valence-electron chi connectivity index (χ0n) is 11.9. The Morgan fingerprint density at radius 3 is 1.14 bits per heavy atom. The average molecular weight is 350 g/mol. The Labute approximate surface area is 135 Å². The molecule has 0 aromatic carbocycles. The van der Waals surface area contributed by atoms with Gasteiger partial charge in [-0.2, -0.15) is 0 Å². The molecule has 8 nitrogen and oxygen atoms in total. The molecule has 2 aliphatic rings. The van der Waals surface area contributed by atoms with Crippen LogP contribution in [0.4, 0.5) is 0 Å². The molecule has 1 radical (unpaired) electrons. The third-order valence-electron chi connectivity index (χ3n) is 3.94. The molecule has 0 unspecified atom stereocenters. The van der Waals surface area contributed by atoms with Crippen LogP contribution >= 0.6 is 0 Å². The number of hydroxylamine groups is 2. The van der Waals surface area contributed by atoms with Gasteiger partial charge in [0.1, 0.15) is 0 Å². The molecule has 0 aromatic heterocycles. The molecular weight excluding hydrogens is 328 g/mol. The van der Waals surface area contributed by atoms with Crippen LogP contribution in [0.25, 0.3) is 0 Å². The Kier molecular flexibility index (Phi) is 11.0. The molecule has 0 saturated heterocycles. The number of hydrogen-bond acceptors (Lipinski definition) is 6. The Hall–Kier alpha value is -1.08. The maximum atomic E-state index is 10.6. The van der Waals surface area contributed by atoms with Crippen LogP contribution < -0.4 is 0 Å². The summed E-state index contributed by atoms with van der Waals surface area (Å²) >= 11 is 0. The van der Waals surface area contributed by atoms with Gasteiger partial charge < -0.3 is 20.8 Å². The minimum atomic E-state index is -0.133. The predicted octanol–water partition coefficient (Wildman–Crippen LogP) is 3.56. The summed E-state index contributed by atoms with van der Waals surface area (Å²) in [6.07, 6.45) is 9.90. The van der Waals surface area contributed by atoms with Gasteiger partial charge in [0, 0.05) is 25.7 Å². The van der Waals surface area contributed by atoms with Gasteiger partial charge in [-0.05, 0) is 36.2 Å². The van der Waals surface area contributed by atoms with Gasteiger partial charge in [-0.1, -0.05) is 22.6 Å². The molecule has 21 heavy (non-hydrogen) atoms. The zero-order chi connectivity index (χ0) is 14.8. The second-order valence-corrected chi connectivity index (χ2v) is 5.35. The van der Waals surface area contributed by atoms with E-state index in [9.17, 15) is 20.8 Å². The van der Waals surface area contributed by atoms with Crippen molar-refractivity contribution in [1.82, 2.24) is 0 Å². The monoisotopic (exact) mass is 349 g/mol. The summed E-state index contributed by atoms with van der Waals surface area (Å²) in [6.45, 7) is 0. The predicted molar refractivity (Wildman–Crippen MR) is 72.6 cm³/mol. The van der Waals surface area contributed by atoms with E-state index >= 15 is 0 Å². The van der Waals surface area contributed by atoms with Crippen LogP contribution in [0.15, 0.2) is 10.6 Å². The van der Waals surface area contributed by atoms with Crippen LogP contribution in [-0.2, 0) is 17.1 Å². The van der Waals surface area contributed by atoms with Crippen molar-refractivity contribution in [1.29, 1.82) is 0 Å². The first-order chi connectivity index (χ1) is 9.69. The van der Waals surface area contributed by atoms with Gasteiger partial charge in [0.05, 0.1) is 0 Å². The fourth-order valence-electron chi connectivity index (χ4n) is 2.74. The Morgan fingerprint density at radius 2 is 0.905 bits per heavy atom. The fourth-order valence-corrected chi connectivity index (χ4v) is 2.74. The van der Waals surface area contributed by atoms with Crippen molar-refractivity contribution >= 4 is 0 Å². The summed E-state index contributed by atoms with van der Waals surface area (Å²) in [5, 5.41) is 45.4. The first-order valence-corrected chi connectivity index (χ1v) is 7.28. The standard InChI is InChI=1S/2C6H12N2O2.Cu/c2*9-7-8(10)6-4-2-1-3-5-6;/h2*6,9H,1-5H2;/q;;+2/p-2/b8-7+;8-7-;. The Balaban J connectivity index is 0.000000364. The van der Waals surface area contributed by atoms with Crippen molar-refractivity contribution in [3.63, 3.8) is 0 Å². The van der Waals surface area contributed by atoms with Crippen LogP contribution in [0, 0.1) is 20.8 Å². The molecule has 0 amide bonds. The molecule has 0 spiro atoms. The number of rotatable bonds is 2. The second-order valence-electron chi connectivity index (χ2n) is 5.35. The summed E-state index contributed by atoms with van der Waals surface area (Å²) in [7, 11) is 0. The summed E-state index contributed by atoms with van der Waals surface area (Å²) in [5.74, 6) is 0. The molecule has 0 aliphatic heterocycles. The van der Waals surface area contributed by atoms with Gasteiger partial charge in [-0.25, -0.2) is 0 Å². The van der Waals surface area contributed by atoms with E-state index in [0.717, 1.165) is 51.4 Å². The fraction of sp³-hybridized carbons (Fsp3) is 1.00. The molecule has 2 saturated carbocycles. The molecule has 2 fully saturated rings. The first kappa shape index (κ1) is 19.9. The van der Waals surface area contributed by atoms with Crippen molar-refractivity contribution in [3.05, 3.63) is 20.8 Å². The van der Waals surface area contributed by atoms with Gasteiger partial charge in [0.15, 0.2) is 12.1 Å². The summed E-state index contributed by atoms with van der Waals surface area (Å²) in [5.41, 5.74) is 0. The summed E-state index contributed by atoms with van der Waals surface area (Å²) < 4.78 is 0. The van der Waals surface area contributed by atoms with E-state index in [1.165, 1.54) is 12.8 Å². The summed E-state index contributed by atoms with van der Waals surface area (Å²) in [6, 6.07) is -0.266. The SMILES string of the molecule is [Cu+2].[O-]/N=[N+](/[O-])C1CCCCC1.[O-]/N=[N+](\[O-])C1CCCCC1. The van der Waals surface area contributed by atoms with E-state index in [2.05, 4.69) is 10.6 Å². The van der Waals surface area contributed by atoms with Gasteiger partial charge in [0.2, 0.25) is 0 Å². The minimum absolute atomic E-state index is 0.